The summed E-state index contributed by atoms with van der Waals surface area (Å²) >= 11 is 1.94. The largest absolute Gasteiger partial charge is 0.480 e. The first kappa shape index (κ1) is 11.3. The lowest BCUT2D eigenvalue weighted by atomic mass is 9.92. The fraction of sp³-hybridized carbons (Fsp3) is 0.909. The molecule has 1 saturated heterocycles. The van der Waals surface area contributed by atoms with Gasteiger partial charge < -0.3 is 5.11 Å². The molecule has 1 heterocycles. The second kappa shape index (κ2) is 3.98. The number of thioether (sulfide) groups is 1. The van der Waals surface area contributed by atoms with Crippen molar-refractivity contribution in [3.05, 3.63) is 0 Å². The number of hydrogen-bond donors (Lipinski definition) is 1. The van der Waals surface area contributed by atoms with Crippen molar-refractivity contribution in [1.82, 2.24) is 4.90 Å². The maximum atomic E-state index is 11.5. The zero-order chi connectivity index (χ0) is 11.1. The molecule has 15 heavy (non-hydrogen) atoms. The van der Waals surface area contributed by atoms with Gasteiger partial charge in [-0.3, -0.25) is 9.69 Å². The van der Waals surface area contributed by atoms with Gasteiger partial charge in [-0.05, 0) is 44.9 Å². The average molecular weight is 229 g/mol. The highest BCUT2D eigenvalue weighted by Gasteiger charge is 2.52. The van der Waals surface area contributed by atoms with Crippen LogP contribution < -0.4 is 0 Å². The van der Waals surface area contributed by atoms with E-state index in [4.69, 9.17) is 0 Å². The predicted octanol–water partition coefficient (Wildman–Crippen LogP) is 1.68. The molecule has 1 aliphatic heterocycles. The average Bonchev–Trinajstić information content (AvgIpc) is 2.92. The summed E-state index contributed by atoms with van der Waals surface area (Å²) < 4.78 is 0. The highest BCUT2D eigenvalue weighted by molar-refractivity contribution is 7.99. The lowest BCUT2D eigenvalue weighted by Gasteiger charge is -2.39. The number of carboxylic acid groups (broad SMARTS) is 1. The number of nitrogens with zero attached hydrogens (tertiary/aromatic N) is 1. The smallest absolute Gasteiger partial charge is 0.324 e. The van der Waals surface area contributed by atoms with Crippen LogP contribution in [0.3, 0.4) is 0 Å². The van der Waals surface area contributed by atoms with E-state index in [9.17, 15) is 9.90 Å². The number of aliphatic carboxylic acids is 1. The highest BCUT2D eigenvalue weighted by Crippen LogP contribution is 2.44. The summed E-state index contributed by atoms with van der Waals surface area (Å²) in [5.41, 5.74) is -0.629. The molecular weight excluding hydrogens is 210 g/mol. The number of carbonyl (C=O) groups is 1. The third-order valence-corrected chi connectivity index (χ3v) is 5.14. The second-order valence-electron chi connectivity index (χ2n) is 4.86. The van der Waals surface area contributed by atoms with Crippen LogP contribution in [0.25, 0.3) is 0 Å². The molecule has 2 aliphatic rings. The minimum atomic E-state index is -0.649. The topological polar surface area (TPSA) is 40.5 Å². The maximum absolute atomic E-state index is 11.5. The van der Waals surface area contributed by atoms with Gasteiger partial charge in [0.1, 0.15) is 5.54 Å². The van der Waals surface area contributed by atoms with Gasteiger partial charge in [0.2, 0.25) is 0 Å². The third-order valence-electron chi connectivity index (χ3n) is 3.99. The van der Waals surface area contributed by atoms with Gasteiger partial charge in [0.25, 0.3) is 0 Å². The molecule has 4 heteroatoms. The maximum Gasteiger partial charge on any atom is 0.324 e. The van der Waals surface area contributed by atoms with E-state index < -0.39 is 11.5 Å². The normalized spacial score (nSPS) is 30.5. The Morgan fingerprint density at radius 2 is 2.13 bits per heavy atom. The van der Waals surface area contributed by atoms with Crippen molar-refractivity contribution >= 4 is 17.7 Å². The Morgan fingerprint density at radius 1 is 1.47 bits per heavy atom. The van der Waals surface area contributed by atoms with Gasteiger partial charge in [-0.2, -0.15) is 11.8 Å². The Bertz CT molecular complexity index is 261. The molecule has 1 aliphatic carbocycles. The molecule has 0 radical (unpaired) electrons. The van der Waals surface area contributed by atoms with Crippen molar-refractivity contribution in [1.29, 1.82) is 0 Å². The van der Waals surface area contributed by atoms with Gasteiger partial charge in [0, 0.05) is 11.8 Å². The van der Waals surface area contributed by atoms with Crippen molar-refractivity contribution in [2.24, 2.45) is 5.92 Å². The molecule has 2 rings (SSSR count). The van der Waals surface area contributed by atoms with E-state index in [1.807, 2.05) is 25.7 Å². The highest BCUT2D eigenvalue weighted by atomic mass is 32.2. The van der Waals surface area contributed by atoms with Crippen LogP contribution in [0.1, 0.15) is 26.2 Å². The Morgan fingerprint density at radius 3 is 2.53 bits per heavy atom. The second-order valence-corrected chi connectivity index (χ2v) is 6.01. The molecule has 3 nitrogen and oxygen atoms in total. The first-order chi connectivity index (χ1) is 7.06. The fourth-order valence-electron chi connectivity index (χ4n) is 2.47. The monoisotopic (exact) mass is 229 g/mol. The van der Waals surface area contributed by atoms with Crippen LogP contribution >= 0.6 is 11.8 Å². The van der Waals surface area contributed by atoms with E-state index >= 15 is 0 Å². The van der Waals surface area contributed by atoms with Crippen LogP contribution in [0, 0.1) is 5.92 Å². The van der Waals surface area contributed by atoms with Crippen molar-refractivity contribution in [3.63, 3.8) is 0 Å². The van der Waals surface area contributed by atoms with Crippen molar-refractivity contribution in [3.8, 4) is 0 Å². The summed E-state index contributed by atoms with van der Waals surface area (Å²) in [6.45, 7) is 1.90. The molecule has 0 bridgehead atoms. The molecular formula is C11H19NO2S. The van der Waals surface area contributed by atoms with Gasteiger partial charge in [-0.15, -0.1) is 0 Å². The summed E-state index contributed by atoms with van der Waals surface area (Å²) in [7, 11) is 1.99. The minimum absolute atomic E-state index is 0.366. The van der Waals surface area contributed by atoms with Gasteiger partial charge in [0.05, 0.1) is 0 Å². The van der Waals surface area contributed by atoms with Crippen LogP contribution in [-0.2, 0) is 4.79 Å². The number of likely N-dealkylation sites (N-methyl/N-ethyl adjacent to an activating group) is 1. The Kier molecular flexibility index (Phi) is 2.99. The molecule has 0 aromatic carbocycles. The van der Waals surface area contributed by atoms with Crippen molar-refractivity contribution in [2.45, 2.75) is 37.8 Å². The van der Waals surface area contributed by atoms with Crippen LogP contribution in [0.15, 0.2) is 0 Å². The fourth-order valence-corrected chi connectivity index (χ4v) is 3.73. The summed E-state index contributed by atoms with van der Waals surface area (Å²) in [6, 6.07) is 0.455. The summed E-state index contributed by atoms with van der Waals surface area (Å²) in [5, 5.41) is 9.43. The third kappa shape index (κ3) is 1.89. The zero-order valence-electron chi connectivity index (χ0n) is 9.40. The Labute approximate surface area is 95.2 Å². The van der Waals surface area contributed by atoms with Crippen LogP contribution in [-0.4, -0.2) is 46.1 Å². The van der Waals surface area contributed by atoms with E-state index in [2.05, 4.69) is 4.90 Å². The van der Waals surface area contributed by atoms with Crippen LogP contribution in [0.2, 0.25) is 0 Å². The zero-order valence-corrected chi connectivity index (χ0v) is 10.2. The van der Waals surface area contributed by atoms with E-state index in [1.165, 1.54) is 5.75 Å². The van der Waals surface area contributed by atoms with E-state index in [0.29, 0.717) is 12.0 Å². The predicted molar refractivity (Wildman–Crippen MR) is 62.3 cm³/mol. The molecule has 0 aromatic rings. The Balaban J connectivity index is 2.12. The van der Waals surface area contributed by atoms with E-state index in [0.717, 1.165) is 25.0 Å². The molecule has 2 unspecified atom stereocenters. The van der Waals surface area contributed by atoms with E-state index in [1.54, 1.807) is 0 Å². The van der Waals surface area contributed by atoms with Crippen molar-refractivity contribution in [2.75, 3.05) is 18.6 Å². The van der Waals surface area contributed by atoms with Gasteiger partial charge in [-0.1, -0.05) is 0 Å². The molecule has 1 saturated carbocycles. The summed E-state index contributed by atoms with van der Waals surface area (Å²) in [5.74, 6) is 1.98. The quantitative estimate of drug-likeness (QED) is 0.796. The molecule has 86 valence electrons. The minimum Gasteiger partial charge on any atom is -0.480 e. The van der Waals surface area contributed by atoms with E-state index in [-0.39, 0.29) is 0 Å². The standard InChI is InChI=1S/C11H19NO2S/c1-11(10(13)14,8-3-4-8)12(2)9-5-6-15-7-9/h8-9H,3-7H2,1-2H3,(H,13,14). The SMILES string of the molecule is CN(C1CCSC1)C(C)(C(=O)O)C1CC1. The van der Waals surface area contributed by atoms with Crippen molar-refractivity contribution < 1.29 is 9.90 Å². The Hall–Kier alpha value is -0.220. The first-order valence-corrected chi connectivity index (χ1v) is 6.76. The van der Waals surface area contributed by atoms with Crippen LogP contribution in [0.4, 0.5) is 0 Å². The first-order valence-electron chi connectivity index (χ1n) is 5.61. The lowest BCUT2D eigenvalue weighted by Crippen LogP contribution is -2.56. The lowest BCUT2D eigenvalue weighted by molar-refractivity contribution is -0.152. The van der Waals surface area contributed by atoms with Gasteiger partial charge in [0.15, 0.2) is 0 Å². The molecule has 0 spiro atoms. The summed E-state index contributed by atoms with van der Waals surface area (Å²) in [4.78, 5) is 13.6. The van der Waals surface area contributed by atoms with Gasteiger partial charge >= 0.3 is 5.97 Å². The van der Waals surface area contributed by atoms with Gasteiger partial charge in [-0.25, -0.2) is 0 Å². The summed E-state index contributed by atoms with van der Waals surface area (Å²) in [6.07, 6.45) is 3.29. The molecule has 0 amide bonds. The number of carboxylic acids is 1. The molecule has 1 N–H and O–H groups in total. The number of hydrogen-bond acceptors (Lipinski definition) is 3. The van der Waals surface area contributed by atoms with Crippen LogP contribution in [0.5, 0.6) is 0 Å². The molecule has 2 atom stereocenters. The number of rotatable bonds is 4. The molecule has 2 fully saturated rings. The molecule has 0 aromatic heterocycles.